The lowest BCUT2D eigenvalue weighted by molar-refractivity contribution is 0.524. The zero-order valence-electron chi connectivity index (χ0n) is 7.14. The van der Waals surface area contributed by atoms with Crippen molar-refractivity contribution in [2.24, 2.45) is 5.92 Å². The van der Waals surface area contributed by atoms with Gasteiger partial charge < -0.3 is 0 Å². The van der Waals surface area contributed by atoms with Crippen LogP contribution in [-0.2, 0) is 0 Å². The highest BCUT2D eigenvalue weighted by atomic mass is 14.0. The van der Waals surface area contributed by atoms with Crippen LogP contribution in [0.3, 0.4) is 0 Å². The monoisotopic (exact) mass is 138 g/mol. The van der Waals surface area contributed by atoms with Crippen LogP contribution in [-0.4, -0.2) is 0 Å². The molecular weight excluding hydrogens is 120 g/mol. The highest BCUT2D eigenvalue weighted by Crippen LogP contribution is 2.13. The van der Waals surface area contributed by atoms with Crippen LogP contribution in [0, 0.1) is 5.92 Å². The molecule has 1 unspecified atom stereocenters. The summed E-state index contributed by atoms with van der Waals surface area (Å²) in [6.45, 7) is 8.04. The molecule has 0 saturated carbocycles. The van der Waals surface area contributed by atoms with E-state index in [-0.39, 0.29) is 0 Å². The van der Waals surface area contributed by atoms with E-state index >= 15 is 0 Å². The number of allylic oxidation sites excluding steroid dienone is 3. The Morgan fingerprint density at radius 3 is 2.50 bits per heavy atom. The van der Waals surface area contributed by atoms with E-state index in [1.54, 1.807) is 0 Å². The first-order valence-electron chi connectivity index (χ1n) is 4.07. The maximum atomic E-state index is 3.73. The fourth-order valence-electron chi connectivity index (χ4n) is 0.994. The van der Waals surface area contributed by atoms with Gasteiger partial charge in [0.2, 0.25) is 0 Å². The third-order valence-corrected chi connectivity index (χ3v) is 1.78. The predicted octanol–water partition coefficient (Wildman–Crippen LogP) is 3.55. The molecule has 0 aliphatic carbocycles. The second kappa shape index (κ2) is 6.60. The maximum Gasteiger partial charge on any atom is -0.0319 e. The summed E-state index contributed by atoms with van der Waals surface area (Å²) in [6, 6.07) is 0. The minimum absolute atomic E-state index is 0.814. The first-order valence-corrected chi connectivity index (χ1v) is 4.07. The third-order valence-electron chi connectivity index (χ3n) is 1.78. The molecule has 0 spiro atoms. The standard InChI is InChI=1S/C10H18/c1-4-7-9-10(6-3)8-5-2/h4-5,7,10H,2,6,8-9H2,1,3H3. The number of hydrogen-bond acceptors (Lipinski definition) is 0. The van der Waals surface area contributed by atoms with Gasteiger partial charge in [-0.15, -0.1) is 6.58 Å². The molecule has 0 amide bonds. The lowest BCUT2D eigenvalue weighted by Gasteiger charge is -2.07. The summed E-state index contributed by atoms with van der Waals surface area (Å²) in [6.07, 6.45) is 9.98. The Kier molecular flexibility index (Phi) is 6.25. The molecule has 0 heteroatoms. The van der Waals surface area contributed by atoms with Crippen LogP contribution < -0.4 is 0 Å². The lowest BCUT2D eigenvalue weighted by atomic mass is 9.98. The Morgan fingerprint density at radius 1 is 1.40 bits per heavy atom. The van der Waals surface area contributed by atoms with E-state index in [0.29, 0.717) is 0 Å². The largest absolute Gasteiger partial charge is 0.103 e. The van der Waals surface area contributed by atoms with Gasteiger partial charge in [-0.1, -0.05) is 31.6 Å². The molecule has 0 aromatic carbocycles. The van der Waals surface area contributed by atoms with Gasteiger partial charge in [0, 0.05) is 0 Å². The van der Waals surface area contributed by atoms with Crippen LogP contribution >= 0.6 is 0 Å². The van der Waals surface area contributed by atoms with Crippen molar-refractivity contribution < 1.29 is 0 Å². The van der Waals surface area contributed by atoms with Crippen molar-refractivity contribution in [3.05, 3.63) is 24.8 Å². The molecule has 0 aliphatic rings. The fraction of sp³-hybridized carbons (Fsp3) is 0.600. The molecule has 58 valence electrons. The predicted molar refractivity (Wildman–Crippen MR) is 48.0 cm³/mol. The second-order valence-electron chi connectivity index (χ2n) is 2.60. The Morgan fingerprint density at radius 2 is 2.10 bits per heavy atom. The average Bonchev–Trinajstić information content (AvgIpc) is 1.98. The van der Waals surface area contributed by atoms with Crippen molar-refractivity contribution in [3.63, 3.8) is 0 Å². The normalized spacial score (nSPS) is 13.8. The van der Waals surface area contributed by atoms with Gasteiger partial charge in [0.15, 0.2) is 0 Å². The quantitative estimate of drug-likeness (QED) is 0.510. The maximum absolute atomic E-state index is 3.73. The molecule has 0 aliphatic heterocycles. The second-order valence-corrected chi connectivity index (χ2v) is 2.60. The lowest BCUT2D eigenvalue weighted by Crippen LogP contribution is -1.93. The molecule has 0 aromatic rings. The molecule has 0 saturated heterocycles. The van der Waals surface area contributed by atoms with E-state index in [2.05, 4.69) is 32.6 Å². The molecular formula is C10H18. The van der Waals surface area contributed by atoms with E-state index in [9.17, 15) is 0 Å². The van der Waals surface area contributed by atoms with E-state index in [4.69, 9.17) is 0 Å². The summed E-state index contributed by atoms with van der Waals surface area (Å²) in [5.41, 5.74) is 0. The molecule has 1 atom stereocenters. The first-order chi connectivity index (χ1) is 4.85. The van der Waals surface area contributed by atoms with Gasteiger partial charge in [0.05, 0.1) is 0 Å². The van der Waals surface area contributed by atoms with Crippen LogP contribution in [0.5, 0.6) is 0 Å². The highest BCUT2D eigenvalue weighted by Gasteiger charge is 1.99. The van der Waals surface area contributed by atoms with Crippen LogP contribution in [0.25, 0.3) is 0 Å². The van der Waals surface area contributed by atoms with Crippen molar-refractivity contribution in [1.29, 1.82) is 0 Å². The third kappa shape index (κ3) is 4.37. The summed E-state index contributed by atoms with van der Waals surface area (Å²) in [7, 11) is 0. The summed E-state index contributed by atoms with van der Waals surface area (Å²) >= 11 is 0. The summed E-state index contributed by atoms with van der Waals surface area (Å²) < 4.78 is 0. The molecule has 0 aromatic heterocycles. The van der Waals surface area contributed by atoms with E-state index in [1.807, 2.05) is 6.08 Å². The zero-order chi connectivity index (χ0) is 7.82. The van der Waals surface area contributed by atoms with Gasteiger partial charge >= 0.3 is 0 Å². The molecule has 0 rings (SSSR count). The van der Waals surface area contributed by atoms with Gasteiger partial charge in [0.1, 0.15) is 0 Å². The van der Waals surface area contributed by atoms with Crippen molar-refractivity contribution in [2.45, 2.75) is 33.1 Å². The van der Waals surface area contributed by atoms with Gasteiger partial charge in [0.25, 0.3) is 0 Å². The van der Waals surface area contributed by atoms with E-state index in [1.165, 1.54) is 12.8 Å². The minimum Gasteiger partial charge on any atom is -0.103 e. The summed E-state index contributed by atoms with van der Waals surface area (Å²) in [4.78, 5) is 0. The summed E-state index contributed by atoms with van der Waals surface area (Å²) in [5, 5.41) is 0. The molecule has 0 heterocycles. The SMILES string of the molecule is C=CCC(CC)CC=CC. The van der Waals surface area contributed by atoms with Crippen molar-refractivity contribution in [2.75, 3.05) is 0 Å². The van der Waals surface area contributed by atoms with Crippen LogP contribution in [0.15, 0.2) is 24.8 Å². The fourth-order valence-corrected chi connectivity index (χ4v) is 0.994. The Bertz CT molecular complexity index is 101. The van der Waals surface area contributed by atoms with Gasteiger partial charge in [-0.05, 0) is 25.7 Å². The Hall–Kier alpha value is -0.520. The average molecular weight is 138 g/mol. The van der Waals surface area contributed by atoms with Crippen LogP contribution in [0.4, 0.5) is 0 Å². The molecule has 10 heavy (non-hydrogen) atoms. The molecule has 0 N–H and O–H groups in total. The Balaban J connectivity index is 3.48. The highest BCUT2D eigenvalue weighted by molar-refractivity contribution is 4.83. The van der Waals surface area contributed by atoms with Gasteiger partial charge in [-0.3, -0.25) is 0 Å². The smallest absolute Gasteiger partial charge is 0.0319 e. The number of hydrogen-bond donors (Lipinski definition) is 0. The number of rotatable bonds is 5. The van der Waals surface area contributed by atoms with Crippen molar-refractivity contribution in [3.8, 4) is 0 Å². The van der Waals surface area contributed by atoms with Crippen molar-refractivity contribution >= 4 is 0 Å². The molecule has 0 fully saturated rings. The topological polar surface area (TPSA) is 0 Å². The molecule has 0 bridgehead atoms. The minimum atomic E-state index is 0.814. The zero-order valence-corrected chi connectivity index (χ0v) is 7.14. The van der Waals surface area contributed by atoms with E-state index < -0.39 is 0 Å². The van der Waals surface area contributed by atoms with Gasteiger partial charge in [-0.25, -0.2) is 0 Å². The van der Waals surface area contributed by atoms with E-state index in [0.717, 1.165) is 12.3 Å². The molecule has 0 radical (unpaired) electrons. The van der Waals surface area contributed by atoms with Crippen LogP contribution in [0.1, 0.15) is 33.1 Å². The van der Waals surface area contributed by atoms with Crippen molar-refractivity contribution in [1.82, 2.24) is 0 Å². The van der Waals surface area contributed by atoms with Gasteiger partial charge in [-0.2, -0.15) is 0 Å². The summed E-state index contributed by atoms with van der Waals surface area (Å²) in [5.74, 6) is 0.814. The van der Waals surface area contributed by atoms with Crippen LogP contribution in [0.2, 0.25) is 0 Å². The first kappa shape index (κ1) is 9.48. The Labute approximate surface area is 64.6 Å². The molecule has 0 nitrogen and oxygen atoms in total.